The zero-order chi connectivity index (χ0) is 17.0. The van der Waals surface area contributed by atoms with Crippen LogP contribution < -0.4 is 10.6 Å². The zero-order valence-corrected chi connectivity index (χ0v) is 13.4. The van der Waals surface area contributed by atoms with Gasteiger partial charge in [0.1, 0.15) is 0 Å². The number of thiophene rings is 1. The predicted molar refractivity (Wildman–Crippen MR) is 87.4 cm³/mol. The lowest BCUT2D eigenvalue weighted by Crippen LogP contribution is -2.34. The van der Waals surface area contributed by atoms with Gasteiger partial charge in [-0.05, 0) is 32.0 Å². The van der Waals surface area contributed by atoms with E-state index in [0.717, 1.165) is 9.75 Å². The van der Waals surface area contributed by atoms with E-state index in [1.54, 1.807) is 6.92 Å². The van der Waals surface area contributed by atoms with Crippen molar-refractivity contribution in [3.63, 3.8) is 0 Å². The molecule has 8 heteroatoms. The molecule has 1 aromatic carbocycles. The summed E-state index contributed by atoms with van der Waals surface area (Å²) < 4.78 is 0. The van der Waals surface area contributed by atoms with E-state index in [4.69, 9.17) is 0 Å². The predicted octanol–water partition coefficient (Wildman–Crippen LogP) is 2.53. The number of benzene rings is 1. The topological polar surface area (TPSA) is 101 Å². The molecule has 0 aliphatic rings. The summed E-state index contributed by atoms with van der Waals surface area (Å²) in [7, 11) is 0. The number of anilines is 1. The van der Waals surface area contributed by atoms with Gasteiger partial charge in [0.2, 0.25) is 0 Å². The van der Waals surface area contributed by atoms with E-state index in [1.165, 1.54) is 29.5 Å². The summed E-state index contributed by atoms with van der Waals surface area (Å²) in [4.78, 5) is 36.0. The molecule has 1 aromatic heterocycles. The van der Waals surface area contributed by atoms with E-state index in [1.807, 2.05) is 19.1 Å². The van der Waals surface area contributed by atoms with Crippen LogP contribution in [0.4, 0.5) is 11.4 Å². The number of rotatable bonds is 4. The van der Waals surface area contributed by atoms with Gasteiger partial charge in [0, 0.05) is 27.1 Å². The molecule has 1 heterocycles. The average Bonchev–Trinajstić information content (AvgIpc) is 2.92. The highest BCUT2D eigenvalue weighted by atomic mass is 32.1. The van der Waals surface area contributed by atoms with Gasteiger partial charge in [0.25, 0.3) is 5.69 Å². The molecule has 0 saturated heterocycles. The number of amides is 2. The maximum Gasteiger partial charge on any atom is 0.313 e. The summed E-state index contributed by atoms with van der Waals surface area (Å²) in [6.07, 6.45) is 0. The molecule has 120 valence electrons. The molecule has 2 aromatic rings. The fourth-order valence-electron chi connectivity index (χ4n) is 1.90. The van der Waals surface area contributed by atoms with Crippen LogP contribution in [0.2, 0.25) is 0 Å². The Hall–Kier alpha value is -2.74. The zero-order valence-electron chi connectivity index (χ0n) is 12.6. The van der Waals surface area contributed by atoms with Crippen LogP contribution in [0.25, 0.3) is 0 Å². The Morgan fingerprint density at radius 2 is 1.91 bits per heavy atom. The smallest absolute Gasteiger partial charge is 0.313 e. The molecule has 0 spiro atoms. The van der Waals surface area contributed by atoms with Crippen molar-refractivity contribution in [1.82, 2.24) is 5.32 Å². The number of hydrogen-bond acceptors (Lipinski definition) is 5. The molecular formula is C15H15N3O4S. The third-order valence-corrected chi connectivity index (χ3v) is 4.09. The molecule has 0 radical (unpaired) electrons. The summed E-state index contributed by atoms with van der Waals surface area (Å²) in [6.45, 7) is 3.81. The molecular weight excluding hydrogens is 318 g/mol. The molecule has 23 heavy (non-hydrogen) atoms. The Bertz CT molecular complexity index is 770. The van der Waals surface area contributed by atoms with Gasteiger partial charge in [-0.1, -0.05) is 6.07 Å². The van der Waals surface area contributed by atoms with Crippen molar-refractivity contribution >= 4 is 34.5 Å². The van der Waals surface area contributed by atoms with Crippen molar-refractivity contribution in [2.45, 2.75) is 20.4 Å². The van der Waals surface area contributed by atoms with Crippen LogP contribution in [-0.2, 0) is 16.1 Å². The number of nitro groups is 1. The number of nitrogens with zero attached hydrogens (tertiary/aromatic N) is 1. The minimum absolute atomic E-state index is 0.114. The fraction of sp³-hybridized carbons (Fsp3) is 0.200. The second-order valence-corrected chi connectivity index (χ2v) is 6.28. The van der Waals surface area contributed by atoms with Gasteiger partial charge in [0.05, 0.1) is 11.5 Å². The van der Waals surface area contributed by atoms with Gasteiger partial charge >= 0.3 is 11.8 Å². The van der Waals surface area contributed by atoms with Gasteiger partial charge < -0.3 is 10.6 Å². The van der Waals surface area contributed by atoms with E-state index < -0.39 is 16.7 Å². The van der Waals surface area contributed by atoms with Gasteiger partial charge in [0.15, 0.2) is 0 Å². The molecule has 0 atom stereocenters. The molecule has 0 aliphatic heterocycles. The molecule has 0 aliphatic carbocycles. The number of carbonyl (C=O) groups is 2. The molecule has 2 rings (SSSR count). The molecule has 0 saturated carbocycles. The molecule has 0 unspecified atom stereocenters. The number of nitro benzene ring substituents is 1. The number of aryl methyl sites for hydroxylation is 2. The maximum absolute atomic E-state index is 11.8. The first-order chi connectivity index (χ1) is 10.9. The minimum atomic E-state index is -0.864. The van der Waals surface area contributed by atoms with Crippen molar-refractivity contribution in [3.05, 3.63) is 55.8 Å². The second kappa shape index (κ2) is 7.01. The lowest BCUT2D eigenvalue weighted by Gasteiger charge is -2.06. The molecule has 0 bridgehead atoms. The first-order valence-electron chi connectivity index (χ1n) is 6.76. The van der Waals surface area contributed by atoms with Gasteiger partial charge in [-0.25, -0.2) is 0 Å². The van der Waals surface area contributed by atoms with Gasteiger partial charge in [-0.2, -0.15) is 0 Å². The lowest BCUT2D eigenvalue weighted by molar-refractivity contribution is -0.385. The van der Waals surface area contributed by atoms with Crippen molar-refractivity contribution in [1.29, 1.82) is 0 Å². The van der Waals surface area contributed by atoms with E-state index in [9.17, 15) is 19.7 Å². The minimum Gasteiger partial charge on any atom is -0.343 e. The second-order valence-electron chi connectivity index (χ2n) is 4.91. The Kier molecular flexibility index (Phi) is 5.07. The van der Waals surface area contributed by atoms with Crippen LogP contribution in [0, 0.1) is 24.0 Å². The third-order valence-electron chi connectivity index (χ3n) is 3.09. The van der Waals surface area contributed by atoms with E-state index in [-0.39, 0.29) is 17.9 Å². The summed E-state index contributed by atoms with van der Waals surface area (Å²) in [6, 6.07) is 8.05. The molecule has 2 N–H and O–H groups in total. The molecule has 0 fully saturated rings. The van der Waals surface area contributed by atoms with Gasteiger partial charge in [-0.3, -0.25) is 19.7 Å². The van der Waals surface area contributed by atoms with Crippen LogP contribution in [0.3, 0.4) is 0 Å². The Labute approximate surface area is 136 Å². The quantitative estimate of drug-likeness (QED) is 0.510. The van der Waals surface area contributed by atoms with Crippen LogP contribution in [0.1, 0.15) is 15.3 Å². The monoisotopic (exact) mass is 333 g/mol. The van der Waals surface area contributed by atoms with Crippen molar-refractivity contribution in [2.75, 3.05) is 5.32 Å². The summed E-state index contributed by atoms with van der Waals surface area (Å²) in [5.74, 6) is -1.66. The van der Waals surface area contributed by atoms with Crippen LogP contribution in [0.5, 0.6) is 0 Å². The van der Waals surface area contributed by atoms with Crippen LogP contribution >= 0.6 is 11.3 Å². The van der Waals surface area contributed by atoms with Crippen molar-refractivity contribution < 1.29 is 14.5 Å². The van der Waals surface area contributed by atoms with Crippen LogP contribution in [-0.4, -0.2) is 16.7 Å². The Morgan fingerprint density at radius 3 is 2.52 bits per heavy atom. The molecule has 2 amide bonds. The normalized spacial score (nSPS) is 10.2. The van der Waals surface area contributed by atoms with Crippen molar-refractivity contribution in [2.24, 2.45) is 0 Å². The van der Waals surface area contributed by atoms with E-state index in [2.05, 4.69) is 10.6 Å². The first kappa shape index (κ1) is 16.6. The highest BCUT2D eigenvalue weighted by Crippen LogP contribution is 2.22. The fourth-order valence-corrected chi connectivity index (χ4v) is 2.73. The average molecular weight is 333 g/mol. The number of carbonyl (C=O) groups excluding carboxylic acids is 2. The van der Waals surface area contributed by atoms with E-state index >= 15 is 0 Å². The lowest BCUT2D eigenvalue weighted by atomic mass is 10.2. The number of hydrogen-bond donors (Lipinski definition) is 2. The SMILES string of the molecule is Cc1ccc(CNC(=O)C(=O)Nc2ccc(C)c([N+](=O)[O-])c2)s1. The highest BCUT2D eigenvalue weighted by Gasteiger charge is 2.16. The molecule has 7 nitrogen and oxygen atoms in total. The van der Waals surface area contributed by atoms with Crippen LogP contribution in [0.15, 0.2) is 30.3 Å². The maximum atomic E-state index is 11.8. The largest absolute Gasteiger partial charge is 0.343 e. The van der Waals surface area contributed by atoms with E-state index in [0.29, 0.717) is 5.56 Å². The van der Waals surface area contributed by atoms with Crippen molar-refractivity contribution in [3.8, 4) is 0 Å². The summed E-state index contributed by atoms with van der Waals surface area (Å²) in [5.41, 5.74) is 0.567. The third kappa shape index (κ3) is 4.36. The number of nitrogens with one attached hydrogen (secondary N) is 2. The Morgan fingerprint density at radius 1 is 1.17 bits per heavy atom. The Balaban J connectivity index is 1.97. The summed E-state index contributed by atoms with van der Waals surface area (Å²) >= 11 is 1.53. The standard InChI is InChI=1S/C15H15N3O4S/c1-9-3-5-11(7-13(9)18(21)22)17-15(20)14(19)16-8-12-6-4-10(2)23-12/h3-7H,8H2,1-2H3,(H,16,19)(H,17,20). The first-order valence-corrected chi connectivity index (χ1v) is 7.58. The van der Waals surface area contributed by atoms with Gasteiger partial charge in [-0.15, -0.1) is 11.3 Å². The highest BCUT2D eigenvalue weighted by molar-refractivity contribution is 7.11. The summed E-state index contributed by atoms with van der Waals surface area (Å²) in [5, 5.41) is 15.7.